The summed E-state index contributed by atoms with van der Waals surface area (Å²) in [5.41, 5.74) is 0.368. The van der Waals surface area contributed by atoms with Crippen molar-refractivity contribution in [2.24, 2.45) is 4.99 Å². The molecule has 1 unspecified atom stereocenters. The van der Waals surface area contributed by atoms with Crippen LogP contribution in [0.1, 0.15) is 11.1 Å². The molecular weight excluding hydrogens is 293 g/mol. The predicted octanol–water partition coefficient (Wildman–Crippen LogP) is 3.07. The van der Waals surface area contributed by atoms with E-state index in [9.17, 15) is 18.0 Å². The van der Waals surface area contributed by atoms with Crippen molar-refractivity contribution in [2.45, 2.75) is 6.30 Å². The summed E-state index contributed by atoms with van der Waals surface area (Å²) in [6.07, 6.45) is -2.17. The van der Waals surface area contributed by atoms with Gasteiger partial charge in [-0.3, -0.25) is 4.79 Å². The molecule has 0 bridgehead atoms. The van der Waals surface area contributed by atoms with Gasteiger partial charge in [0.15, 0.2) is 0 Å². The van der Waals surface area contributed by atoms with Crippen molar-refractivity contribution < 1.29 is 18.0 Å². The second kappa shape index (κ2) is 5.29. The number of benzene rings is 2. The second-order valence-corrected chi connectivity index (χ2v) is 4.85. The summed E-state index contributed by atoms with van der Waals surface area (Å²) in [6, 6.07) is 9.25. The van der Waals surface area contributed by atoms with Crippen LogP contribution in [0.5, 0.6) is 0 Å². The van der Waals surface area contributed by atoms with Gasteiger partial charge in [-0.2, -0.15) is 0 Å². The molecule has 3 nitrogen and oxygen atoms in total. The number of anilines is 1. The second-order valence-electron chi connectivity index (χ2n) is 4.85. The van der Waals surface area contributed by atoms with Crippen molar-refractivity contribution in [1.29, 1.82) is 0 Å². The summed E-state index contributed by atoms with van der Waals surface area (Å²) < 4.78 is 41.6. The Morgan fingerprint density at radius 2 is 1.82 bits per heavy atom. The molecule has 0 saturated carbocycles. The highest BCUT2D eigenvalue weighted by molar-refractivity contribution is 6.19. The third kappa shape index (κ3) is 2.26. The number of alkyl halides is 1. The molecule has 0 aromatic heterocycles. The van der Waals surface area contributed by atoms with Gasteiger partial charge in [-0.25, -0.2) is 18.2 Å². The first kappa shape index (κ1) is 14.3. The van der Waals surface area contributed by atoms with Crippen LogP contribution < -0.4 is 4.90 Å². The van der Waals surface area contributed by atoms with E-state index in [0.29, 0.717) is 0 Å². The lowest BCUT2D eigenvalue weighted by Crippen LogP contribution is -2.32. The molecule has 1 amide bonds. The lowest BCUT2D eigenvalue weighted by Gasteiger charge is -2.18. The van der Waals surface area contributed by atoms with Crippen LogP contribution in [-0.2, 0) is 4.79 Å². The first-order valence-electron chi connectivity index (χ1n) is 6.53. The zero-order valence-corrected chi connectivity index (χ0v) is 11.6. The van der Waals surface area contributed by atoms with Gasteiger partial charge < -0.3 is 4.90 Å². The summed E-state index contributed by atoms with van der Waals surface area (Å²) in [5, 5.41) is 0. The third-order valence-corrected chi connectivity index (χ3v) is 3.48. The van der Waals surface area contributed by atoms with Gasteiger partial charge in [0.1, 0.15) is 11.6 Å². The Kier molecular flexibility index (Phi) is 3.44. The molecule has 0 spiro atoms. The maximum absolute atomic E-state index is 14.0. The molecule has 22 heavy (non-hydrogen) atoms. The van der Waals surface area contributed by atoms with E-state index in [4.69, 9.17) is 0 Å². The monoisotopic (exact) mass is 304 g/mol. The molecule has 0 N–H and O–H groups in total. The Hall–Kier alpha value is -2.63. The fourth-order valence-electron chi connectivity index (χ4n) is 2.37. The number of carbonyl (C=O) groups excluding carboxylic acids is 1. The van der Waals surface area contributed by atoms with Gasteiger partial charge in [-0.15, -0.1) is 0 Å². The number of benzodiazepines with no additional fused rings is 1. The molecule has 2 aromatic rings. The van der Waals surface area contributed by atoms with Crippen molar-refractivity contribution in [1.82, 2.24) is 0 Å². The van der Waals surface area contributed by atoms with E-state index >= 15 is 0 Å². The topological polar surface area (TPSA) is 32.7 Å². The average molecular weight is 304 g/mol. The first-order chi connectivity index (χ1) is 10.5. The van der Waals surface area contributed by atoms with Crippen molar-refractivity contribution in [3.8, 4) is 0 Å². The van der Waals surface area contributed by atoms with Crippen molar-refractivity contribution >= 4 is 17.3 Å². The number of hydrogen-bond acceptors (Lipinski definition) is 2. The predicted molar refractivity (Wildman–Crippen MR) is 76.7 cm³/mol. The van der Waals surface area contributed by atoms with E-state index < -0.39 is 23.8 Å². The molecule has 0 fully saturated rings. The number of aliphatic imine (C=N–C) groups is 1. The van der Waals surface area contributed by atoms with Crippen molar-refractivity contribution in [3.63, 3.8) is 0 Å². The molecule has 112 valence electrons. The van der Waals surface area contributed by atoms with E-state index in [1.807, 2.05) is 0 Å². The molecule has 0 radical (unpaired) electrons. The van der Waals surface area contributed by atoms with Gasteiger partial charge in [0, 0.05) is 18.2 Å². The van der Waals surface area contributed by atoms with Crippen LogP contribution in [0.2, 0.25) is 0 Å². The molecule has 1 atom stereocenters. The highest BCUT2D eigenvalue weighted by Gasteiger charge is 2.30. The zero-order chi connectivity index (χ0) is 15.9. The minimum absolute atomic E-state index is 0.0140. The van der Waals surface area contributed by atoms with Crippen molar-refractivity contribution in [2.75, 3.05) is 11.9 Å². The summed E-state index contributed by atoms with van der Waals surface area (Å²) in [6.45, 7) is 0. The van der Waals surface area contributed by atoms with Crippen molar-refractivity contribution in [3.05, 3.63) is 65.2 Å². The molecule has 2 aromatic carbocycles. The SMILES string of the molecule is CN1C(=O)C(F)N=C(c2ccccc2F)c2cc(F)ccc21. The molecule has 0 aliphatic carbocycles. The Morgan fingerprint density at radius 3 is 2.55 bits per heavy atom. The molecule has 1 aliphatic rings. The summed E-state index contributed by atoms with van der Waals surface area (Å²) in [5.74, 6) is -2.10. The van der Waals surface area contributed by atoms with Crippen LogP contribution in [0, 0.1) is 11.6 Å². The number of hydrogen-bond donors (Lipinski definition) is 0. The van der Waals surface area contributed by atoms with Gasteiger partial charge in [0.25, 0.3) is 12.2 Å². The zero-order valence-electron chi connectivity index (χ0n) is 11.6. The Morgan fingerprint density at radius 1 is 1.09 bits per heavy atom. The number of rotatable bonds is 1. The molecule has 6 heteroatoms. The first-order valence-corrected chi connectivity index (χ1v) is 6.53. The minimum Gasteiger partial charge on any atom is -0.311 e. The summed E-state index contributed by atoms with van der Waals surface area (Å²) in [7, 11) is 1.37. The Bertz CT molecular complexity index is 789. The number of amides is 1. The quantitative estimate of drug-likeness (QED) is 0.745. The molecular formula is C16H11F3N2O. The van der Waals surface area contributed by atoms with E-state index in [1.165, 1.54) is 31.3 Å². The van der Waals surface area contributed by atoms with E-state index in [0.717, 1.165) is 17.0 Å². The van der Waals surface area contributed by atoms with E-state index in [-0.39, 0.29) is 22.5 Å². The fraction of sp³-hybridized carbons (Fsp3) is 0.125. The smallest absolute Gasteiger partial charge is 0.284 e. The Labute approximate surface area is 124 Å². The summed E-state index contributed by atoms with van der Waals surface area (Å²) in [4.78, 5) is 16.6. The average Bonchev–Trinajstić information content (AvgIpc) is 2.59. The number of nitrogens with zero attached hydrogens (tertiary/aromatic N) is 2. The minimum atomic E-state index is -2.17. The maximum atomic E-state index is 14.0. The van der Waals surface area contributed by atoms with Gasteiger partial charge in [0.2, 0.25) is 0 Å². The highest BCUT2D eigenvalue weighted by Crippen LogP contribution is 2.29. The number of halogens is 3. The van der Waals surface area contributed by atoms with Crippen LogP contribution in [0.3, 0.4) is 0 Å². The van der Waals surface area contributed by atoms with Gasteiger partial charge >= 0.3 is 0 Å². The van der Waals surface area contributed by atoms with Gasteiger partial charge in [-0.05, 0) is 30.3 Å². The van der Waals surface area contributed by atoms with Crippen LogP contribution in [0.4, 0.5) is 18.9 Å². The number of likely N-dealkylation sites (N-methyl/N-ethyl adjacent to an activating group) is 1. The third-order valence-electron chi connectivity index (χ3n) is 3.48. The standard InChI is InChI=1S/C16H11F3N2O/c1-21-13-7-6-9(17)8-11(13)14(20-15(19)16(21)22)10-4-2-3-5-12(10)18/h2-8,15H,1H3. The number of fused-ring (bicyclic) bond motifs is 1. The van der Waals surface area contributed by atoms with Crippen LogP contribution in [0.25, 0.3) is 0 Å². The van der Waals surface area contributed by atoms with E-state index in [2.05, 4.69) is 4.99 Å². The molecule has 1 heterocycles. The molecule has 3 rings (SSSR count). The van der Waals surface area contributed by atoms with E-state index in [1.54, 1.807) is 6.07 Å². The van der Waals surface area contributed by atoms with Crippen LogP contribution in [0.15, 0.2) is 47.5 Å². The van der Waals surface area contributed by atoms with Crippen LogP contribution >= 0.6 is 0 Å². The lowest BCUT2D eigenvalue weighted by molar-refractivity contribution is -0.122. The maximum Gasteiger partial charge on any atom is 0.284 e. The number of carbonyl (C=O) groups is 1. The van der Waals surface area contributed by atoms with Gasteiger partial charge in [-0.1, -0.05) is 12.1 Å². The van der Waals surface area contributed by atoms with Gasteiger partial charge in [0.05, 0.1) is 11.4 Å². The molecule has 1 aliphatic heterocycles. The highest BCUT2D eigenvalue weighted by atomic mass is 19.1. The normalized spacial score (nSPS) is 17.8. The van der Waals surface area contributed by atoms with Crippen LogP contribution in [-0.4, -0.2) is 25.0 Å². The fourth-order valence-corrected chi connectivity index (χ4v) is 2.37. The Balaban J connectivity index is 2.31. The molecule has 0 saturated heterocycles. The lowest BCUT2D eigenvalue weighted by atomic mass is 9.99. The largest absolute Gasteiger partial charge is 0.311 e. The summed E-state index contributed by atoms with van der Waals surface area (Å²) >= 11 is 0.